The number of unbranched alkanes of at least 4 members (excludes halogenated alkanes) is 1. The number of hydrazine groups is 1. The highest BCUT2D eigenvalue weighted by Gasteiger charge is 2.27. The van der Waals surface area contributed by atoms with Crippen LogP contribution < -0.4 is 11.3 Å². The fourth-order valence-corrected chi connectivity index (χ4v) is 4.00. The van der Waals surface area contributed by atoms with E-state index in [4.69, 9.17) is 5.84 Å². The Kier molecular flexibility index (Phi) is 6.25. The molecule has 0 spiro atoms. The van der Waals surface area contributed by atoms with Crippen molar-refractivity contribution in [2.45, 2.75) is 71.8 Å². The second kappa shape index (κ2) is 7.95. The highest BCUT2D eigenvalue weighted by atomic mass is 15.2. The summed E-state index contributed by atoms with van der Waals surface area (Å²) in [5, 5.41) is 0. The van der Waals surface area contributed by atoms with Crippen LogP contribution in [-0.2, 0) is 0 Å². The number of hydrogen-bond donors (Lipinski definition) is 2. The predicted molar refractivity (Wildman–Crippen MR) is 91.0 cm³/mol. The molecule has 118 valence electrons. The van der Waals surface area contributed by atoms with Crippen molar-refractivity contribution in [2.75, 3.05) is 0 Å². The van der Waals surface area contributed by atoms with E-state index >= 15 is 0 Å². The van der Waals surface area contributed by atoms with Crippen molar-refractivity contribution in [3.05, 3.63) is 34.9 Å². The molecule has 21 heavy (non-hydrogen) atoms. The van der Waals surface area contributed by atoms with Gasteiger partial charge in [-0.2, -0.15) is 0 Å². The van der Waals surface area contributed by atoms with Gasteiger partial charge in [0.2, 0.25) is 0 Å². The van der Waals surface area contributed by atoms with Gasteiger partial charge >= 0.3 is 0 Å². The second-order valence-electron chi connectivity index (χ2n) is 6.99. The van der Waals surface area contributed by atoms with Crippen molar-refractivity contribution in [3.8, 4) is 0 Å². The zero-order valence-corrected chi connectivity index (χ0v) is 14.0. The first-order valence-corrected chi connectivity index (χ1v) is 8.68. The molecule has 1 fully saturated rings. The third-order valence-electron chi connectivity index (χ3n) is 5.11. The summed E-state index contributed by atoms with van der Waals surface area (Å²) in [5.74, 6) is 7.55. The van der Waals surface area contributed by atoms with Crippen LogP contribution in [0.15, 0.2) is 18.2 Å². The Hall–Kier alpha value is -0.860. The first kappa shape index (κ1) is 16.5. The summed E-state index contributed by atoms with van der Waals surface area (Å²) in [4.78, 5) is 0. The van der Waals surface area contributed by atoms with Gasteiger partial charge in [-0.3, -0.25) is 11.3 Å². The maximum atomic E-state index is 5.90. The van der Waals surface area contributed by atoms with E-state index in [1.54, 1.807) is 0 Å². The van der Waals surface area contributed by atoms with Crippen LogP contribution in [-0.4, -0.2) is 0 Å². The average molecular weight is 288 g/mol. The molecule has 1 aromatic rings. The Morgan fingerprint density at radius 3 is 2.24 bits per heavy atom. The van der Waals surface area contributed by atoms with Crippen LogP contribution in [0, 0.1) is 25.7 Å². The fraction of sp³-hybridized carbons (Fsp3) is 0.684. The van der Waals surface area contributed by atoms with Gasteiger partial charge in [0, 0.05) is 6.04 Å². The first-order chi connectivity index (χ1) is 10.1. The van der Waals surface area contributed by atoms with Gasteiger partial charge in [0.15, 0.2) is 0 Å². The molecule has 3 N–H and O–H groups in total. The van der Waals surface area contributed by atoms with Crippen molar-refractivity contribution < 1.29 is 0 Å². The standard InChI is InChI=1S/C19H32N2/c1-4-5-6-16-7-9-17(10-8-16)19(21-20)18-12-14(2)11-15(3)13-18/h11-13,16-17,19,21H,4-10,20H2,1-3H3. The SMILES string of the molecule is CCCCC1CCC(C(NN)c2cc(C)cc(C)c2)CC1. The molecule has 1 aromatic carbocycles. The number of aryl methyl sites for hydroxylation is 2. The van der Waals surface area contributed by atoms with E-state index in [0.29, 0.717) is 12.0 Å². The molecule has 0 aromatic heterocycles. The molecule has 0 aliphatic heterocycles. The third kappa shape index (κ3) is 4.55. The molecular formula is C19H32N2. The van der Waals surface area contributed by atoms with Crippen LogP contribution in [0.1, 0.15) is 74.6 Å². The van der Waals surface area contributed by atoms with Gasteiger partial charge < -0.3 is 0 Å². The smallest absolute Gasteiger partial charge is 0.0488 e. The van der Waals surface area contributed by atoms with E-state index < -0.39 is 0 Å². The number of hydrogen-bond acceptors (Lipinski definition) is 2. The zero-order valence-electron chi connectivity index (χ0n) is 14.0. The summed E-state index contributed by atoms with van der Waals surface area (Å²) < 4.78 is 0. The minimum Gasteiger partial charge on any atom is -0.271 e. The lowest BCUT2D eigenvalue weighted by Crippen LogP contribution is -2.35. The molecule has 0 amide bonds. The van der Waals surface area contributed by atoms with Crippen molar-refractivity contribution in [2.24, 2.45) is 17.7 Å². The Balaban J connectivity index is 1.99. The van der Waals surface area contributed by atoms with Crippen LogP contribution in [0.5, 0.6) is 0 Å². The van der Waals surface area contributed by atoms with Crippen molar-refractivity contribution in [1.82, 2.24) is 5.43 Å². The van der Waals surface area contributed by atoms with Crippen LogP contribution in [0.4, 0.5) is 0 Å². The van der Waals surface area contributed by atoms with Gasteiger partial charge in [-0.25, -0.2) is 0 Å². The molecule has 1 saturated carbocycles. The number of benzene rings is 1. The van der Waals surface area contributed by atoms with E-state index in [1.807, 2.05) is 0 Å². The first-order valence-electron chi connectivity index (χ1n) is 8.68. The van der Waals surface area contributed by atoms with Gasteiger partial charge in [0.25, 0.3) is 0 Å². The number of rotatable bonds is 6. The van der Waals surface area contributed by atoms with Gasteiger partial charge in [-0.05, 0) is 44.1 Å². The van der Waals surface area contributed by atoms with Crippen LogP contribution in [0.2, 0.25) is 0 Å². The largest absolute Gasteiger partial charge is 0.271 e. The van der Waals surface area contributed by atoms with Crippen molar-refractivity contribution in [1.29, 1.82) is 0 Å². The predicted octanol–water partition coefficient (Wildman–Crippen LogP) is 4.80. The van der Waals surface area contributed by atoms with E-state index in [1.165, 1.54) is 61.6 Å². The molecule has 0 heterocycles. The molecular weight excluding hydrogens is 256 g/mol. The summed E-state index contributed by atoms with van der Waals surface area (Å²) in [6, 6.07) is 7.14. The van der Waals surface area contributed by atoms with Gasteiger partial charge in [-0.1, -0.05) is 68.4 Å². The summed E-state index contributed by atoms with van der Waals surface area (Å²) in [6.07, 6.45) is 9.54. The van der Waals surface area contributed by atoms with E-state index in [0.717, 1.165) is 5.92 Å². The maximum absolute atomic E-state index is 5.90. The minimum absolute atomic E-state index is 0.315. The van der Waals surface area contributed by atoms with Crippen LogP contribution in [0.25, 0.3) is 0 Å². The van der Waals surface area contributed by atoms with Crippen molar-refractivity contribution >= 4 is 0 Å². The summed E-state index contributed by atoms with van der Waals surface area (Å²) in [7, 11) is 0. The van der Waals surface area contributed by atoms with Crippen LogP contribution >= 0.6 is 0 Å². The Morgan fingerprint density at radius 2 is 1.71 bits per heavy atom. The van der Waals surface area contributed by atoms with Gasteiger partial charge in [-0.15, -0.1) is 0 Å². The molecule has 1 unspecified atom stereocenters. The molecule has 2 heteroatoms. The summed E-state index contributed by atoms with van der Waals surface area (Å²) in [6.45, 7) is 6.64. The molecule has 2 rings (SSSR count). The topological polar surface area (TPSA) is 38.0 Å². The molecule has 0 radical (unpaired) electrons. The summed E-state index contributed by atoms with van der Waals surface area (Å²) >= 11 is 0. The fourth-order valence-electron chi connectivity index (χ4n) is 4.00. The van der Waals surface area contributed by atoms with Crippen molar-refractivity contribution in [3.63, 3.8) is 0 Å². The Labute approximate surface area is 130 Å². The Bertz CT molecular complexity index is 413. The quantitative estimate of drug-likeness (QED) is 0.582. The van der Waals surface area contributed by atoms with Crippen LogP contribution in [0.3, 0.4) is 0 Å². The average Bonchev–Trinajstić information content (AvgIpc) is 2.46. The van der Waals surface area contributed by atoms with E-state index in [-0.39, 0.29) is 0 Å². The second-order valence-corrected chi connectivity index (χ2v) is 6.99. The monoisotopic (exact) mass is 288 g/mol. The van der Waals surface area contributed by atoms with E-state index in [2.05, 4.69) is 44.4 Å². The molecule has 2 nitrogen and oxygen atoms in total. The summed E-state index contributed by atoms with van der Waals surface area (Å²) in [5.41, 5.74) is 7.14. The normalized spacial score (nSPS) is 24.0. The Morgan fingerprint density at radius 1 is 1.10 bits per heavy atom. The minimum atomic E-state index is 0.315. The zero-order chi connectivity index (χ0) is 15.2. The number of nitrogens with two attached hydrogens (primary N) is 1. The molecule has 0 saturated heterocycles. The molecule has 1 atom stereocenters. The lowest BCUT2D eigenvalue weighted by atomic mass is 9.75. The van der Waals surface area contributed by atoms with Gasteiger partial charge in [0.05, 0.1) is 0 Å². The maximum Gasteiger partial charge on any atom is 0.0488 e. The highest BCUT2D eigenvalue weighted by molar-refractivity contribution is 5.31. The third-order valence-corrected chi connectivity index (χ3v) is 5.11. The molecule has 1 aliphatic carbocycles. The van der Waals surface area contributed by atoms with E-state index in [9.17, 15) is 0 Å². The molecule has 1 aliphatic rings. The number of nitrogens with one attached hydrogen (secondary N) is 1. The highest BCUT2D eigenvalue weighted by Crippen LogP contribution is 2.38. The molecule has 0 bridgehead atoms. The lowest BCUT2D eigenvalue weighted by molar-refractivity contribution is 0.213. The lowest BCUT2D eigenvalue weighted by Gasteiger charge is -2.34. The van der Waals surface area contributed by atoms with Gasteiger partial charge in [0.1, 0.15) is 0 Å².